The van der Waals surface area contributed by atoms with Crippen LogP contribution in [-0.2, 0) is 20.7 Å². The van der Waals surface area contributed by atoms with Crippen LogP contribution in [0.2, 0.25) is 0 Å². The first-order chi connectivity index (χ1) is 14.9. The van der Waals surface area contributed by atoms with Crippen LogP contribution in [0.4, 0.5) is 11.5 Å². The summed E-state index contributed by atoms with van der Waals surface area (Å²) >= 11 is 0. The molecule has 2 saturated heterocycles. The van der Waals surface area contributed by atoms with Crippen molar-refractivity contribution in [3.05, 3.63) is 54.2 Å². The van der Waals surface area contributed by atoms with Gasteiger partial charge >= 0.3 is 0 Å². The summed E-state index contributed by atoms with van der Waals surface area (Å²) in [6.45, 7) is 6.77. The fraction of sp³-hybridized carbons (Fsp3) is 0.458. The molecule has 7 nitrogen and oxygen atoms in total. The van der Waals surface area contributed by atoms with Crippen molar-refractivity contribution in [2.24, 2.45) is 0 Å². The molecule has 164 valence electrons. The van der Waals surface area contributed by atoms with Crippen LogP contribution in [0.25, 0.3) is 0 Å². The van der Waals surface area contributed by atoms with Crippen molar-refractivity contribution in [2.75, 3.05) is 36.4 Å². The maximum Gasteiger partial charge on any atom is 0.255 e. The van der Waals surface area contributed by atoms with E-state index < -0.39 is 6.10 Å². The molecular weight excluding hydrogens is 392 g/mol. The van der Waals surface area contributed by atoms with Gasteiger partial charge in [0.25, 0.3) is 5.91 Å². The summed E-state index contributed by atoms with van der Waals surface area (Å²) in [6.07, 6.45) is 4.01. The van der Waals surface area contributed by atoms with E-state index in [1.807, 2.05) is 54.3 Å². The van der Waals surface area contributed by atoms with Crippen LogP contribution in [0.5, 0.6) is 0 Å². The summed E-state index contributed by atoms with van der Waals surface area (Å²) in [4.78, 5) is 32.5. The lowest BCUT2D eigenvalue weighted by Crippen LogP contribution is -2.61. The summed E-state index contributed by atoms with van der Waals surface area (Å²) < 4.78 is 6.28. The molecule has 1 atom stereocenters. The molecule has 2 aliphatic heterocycles. The molecule has 7 heteroatoms. The van der Waals surface area contributed by atoms with Crippen molar-refractivity contribution in [3.63, 3.8) is 0 Å². The lowest BCUT2D eigenvalue weighted by Gasteiger charge is -2.49. The van der Waals surface area contributed by atoms with Gasteiger partial charge in [0.1, 0.15) is 11.9 Å². The maximum absolute atomic E-state index is 12.7. The first-order valence-electron chi connectivity index (χ1n) is 10.9. The Bertz CT molecular complexity index is 925. The van der Waals surface area contributed by atoms with E-state index in [9.17, 15) is 9.59 Å². The third-order valence-corrected chi connectivity index (χ3v) is 6.17. The SMILES string of the molecule is CC(=O)Nc1cc(CCN2CCC3(CC2)CN(c2ccccc2)C(=O)C(C)O3)ccn1. The number of anilines is 2. The molecule has 2 fully saturated rings. The van der Waals surface area contributed by atoms with E-state index >= 15 is 0 Å². The van der Waals surface area contributed by atoms with Gasteiger partial charge in [0.2, 0.25) is 5.91 Å². The minimum atomic E-state index is -0.426. The zero-order valence-corrected chi connectivity index (χ0v) is 18.2. The second kappa shape index (κ2) is 9.16. The van der Waals surface area contributed by atoms with Gasteiger partial charge in [0, 0.05) is 38.4 Å². The van der Waals surface area contributed by atoms with Crippen molar-refractivity contribution in [1.29, 1.82) is 0 Å². The second-order valence-corrected chi connectivity index (χ2v) is 8.53. The van der Waals surface area contributed by atoms with Crippen molar-refractivity contribution in [1.82, 2.24) is 9.88 Å². The molecule has 0 aliphatic carbocycles. The standard InChI is InChI=1S/C24H30N4O3/c1-18-23(30)28(21-6-4-3-5-7-21)17-24(31-18)10-14-27(15-11-24)13-9-20-8-12-25-22(16-20)26-19(2)29/h3-8,12,16,18H,9-11,13-15,17H2,1-2H3,(H,25,26,29). The number of morpholine rings is 1. The number of piperidine rings is 1. The Morgan fingerprint density at radius 2 is 1.97 bits per heavy atom. The largest absolute Gasteiger partial charge is 0.360 e. The van der Waals surface area contributed by atoms with Crippen LogP contribution in [0.3, 0.4) is 0 Å². The van der Waals surface area contributed by atoms with E-state index in [0.717, 1.165) is 50.1 Å². The molecule has 1 unspecified atom stereocenters. The number of likely N-dealkylation sites (tertiary alicyclic amines) is 1. The summed E-state index contributed by atoms with van der Waals surface area (Å²) in [7, 11) is 0. The molecule has 1 N–H and O–H groups in total. The van der Waals surface area contributed by atoms with Gasteiger partial charge in [-0.15, -0.1) is 0 Å². The van der Waals surface area contributed by atoms with Crippen molar-refractivity contribution < 1.29 is 14.3 Å². The lowest BCUT2D eigenvalue weighted by molar-refractivity contribution is -0.161. The topological polar surface area (TPSA) is 74.8 Å². The quantitative estimate of drug-likeness (QED) is 0.802. The zero-order valence-electron chi connectivity index (χ0n) is 18.2. The molecular formula is C24H30N4O3. The summed E-state index contributed by atoms with van der Waals surface area (Å²) in [5, 5.41) is 2.73. The van der Waals surface area contributed by atoms with E-state index in [1.54, 1.807) is 6.20 Å². The van der Waals surface area contributed by atoms with Crippen LogP contribution in [0.15, 0.2) is 48.7 Å². The molecule has 1 aromatic heterocycles. The lowest BCUT2D eigenvalue weighted by atomic mass is 9.88. The Morgan fingerprint density at radius 1 is 1.23 bits per heavy atom. The van der Waals surface area contributed by atoms with Crippen LogP contribution >= 0.6 is 0 Å². The van der Waals surface area contributed by atoms with Crippen LogP contribution in [-0.4, -0.2) is 59.6 Å². The molecule has 1 aromatic carbocycles. The predicted molar refractivity (Wildman–Crippen MR) is 120 cm³/mol. The highest BCUT2D eigenvalue weighted by molar-refractivity contribution is 5.97. The molecule has 0 radical (unpaired) electrons. The first kappa shape index (κ1) is 21.5. The molecule has 3 heterocycles. The van der Waals surface area contributed by atoms with E-state index in [2.05, 4.69) is 15.2 Å². The molecule has 2 aromatic rings. The number of carbonyl (C=O) groups is 2. The highest BCUT2D eigenvalue weighted by Gasteiger charge is 2.45. The number of hydrogen-bond acceptors (Lipinski definition) is 5. The zero-order chi connectivity index (χ0) is 21.8. The van der Waals surface area contributed by atoms with Gasteiger partial charge in [-0.05, 0) is 56.0 Å². The minimum Gasteiger partial charge on any atom is -0.360 e. The highest BCUT2D eigenvalue weighted by Crippen LogP contribution is 2.35. The van der Waals surface area contributed by atoms with Crippen molar-refractivity contribution in [2.45, 2.75) is 44.8 Å². The Hall–Kier alpha value is -2.77. The fourth-order valence-electron chi connectivity index (χ4n) is 4.50. The van der Waals surface area contributed by atoms with Crippen molar-refractivity contribution in [3.8, 4) is 0 Å². The van der Waals surface area contributed by atoms with E-state index in [0.29, 0.717) is 12.4 Å². The van der Waals surface area contributed by atoms with Gasteiger partial charge in [-0.25, -0.2) is 4.98 Å². The Kier molecular flexibility index (Phi) is 6.34. The molecule has 4 rings (SSSR count). The molecule has 0 saturated carbocycles. The number of amides is 2. The highest BCUT2D eigenvalue weighted by atomic mass is 16.5. The number of rotatable bonds is 5. The number of benzene rings is 1. The summed E-state index contributed by atoms with van der Waals surface area (Å²) in [6, 6.07) is 13.8. The molecule has 0 bridgehead atoms. The normalized spacial score (nSPS) is 21.3. The first-order valence-corrected chi connectivity index (χ1v) is 10.9. The molecule has 2 aliphatic rings. The van der Waals surface area contributed by atoms with Gasteiger partial charge < -0.3 is 19.9 Å². The predicted octanol–water partition coefficient (Wildman–Crippen LogP) is 2.87. The number of ether oxygens (including phenoxy) is 1. The number of nitrogens with one attached hydrogen (secondary N) is 1. The van der Waals surface area contributed by atoms with Gasteiger partial charge in [0.05, 0.1) is 12.1 Å². The number of nitrogens with zero attached hydrogens (tertiary/aromatic N) is 3. The van der Waals surface area contributed by atoms with Gasteiger partial charge in [-0.3, -0.25) is 9.59 Å². The molecule has 2 amide bonds. The Morgan fingerprint density at radius 3 is 2.68 bits per heavy atom. The van der Waals surface area contributed by atoms with Crippen molar-refractivity contribution >= 4 is 23.3 Å². The van der Waals surface area contributed by atoms with Gasteiger partial charge in [-0.2, -0.15) is 0 Å². The third kappa shape index (κ3) is 5.11. The fourth-order valence-corrected chi connectivity index (χ4v) is 4.50. The monoisotopic (exact) mass is 422 g/mol. The van der Waals surface area contributed by atoms with Gasteiger partial charge in [0.15, 0.2) is 0 Å². The number of aromatic nitrogens is 1. The van der Waals surface area contributed by atoms with E-state index in [-0.39, 0.29) is 17.4 Å². The number of carbonyl (C=O) groups excluding carboxylic acids is 2. The Labute approximate surface area is 183 Å². The second-order valence-electron chi connectivity index (χ2n) is 8.53. The van der Waals surface area contributed by atoms with E-state index in [4.69, 9.17) is 4.74 Å². The van der Waals surface area contributed by atoms with E-state index in [1.165, 1.54) is 6.92 Å². The minimum absolute atomic E-state index is 0.0342. The average molecular weight is 423 g/mol. The Balaban J connectivity index is 1.34. The molecule has 1 spiro atoms. The summed E-state index contributed by atoms with van der Waals surface area (Å²) in [5.41, 5.74) is 1.81. The van der Waals surface area contributed by atoms with Crippen LogP contribution < -0.4 is 10.2 Å². The molecule has 31 heavy (non-hydrogen) atoms. The smallest absolute Gasteiger partial charge is 0.255 e. The maximum atomic E-state index is 12.7. The number of para-hydroxylation sites is 1. The number of hydrogen-bond donors (Lipinski definition) is 1. The van der Waals surface area contributed by atoms with Gasteiger partial charge in [-0.1, -0.05) is 18.2 Å². The third-order valence-electron chi connectivity index (χ3n) is 6.17. The van der Waals surface area contributed by atoms with Crippen LogP contribution in [0, 0.1) is 0 Å². The summed E-state index contributed by atoms with van der Waals surface area (Å²) in [5.74, 6) is 0.514. The average Bonchev–Trinajstić information content (AvgIpc) is 2.76. The number of pyridine rings is 1. The van der Waals surface area contributed by atoms with Crippen LogP contribution in [0.1, 0.15) is 32.3 Å².